The van der Waals surface area contributed by atoms with Crippen molar-refractivity contribution in [2.24, 2.45) is 0 Å². The normalized spacial score (nSPS) is 11.6. The Morgan fingerprint density at radius 3 is 2.19 bits per heavy atom. The van der Waals surface area contributed by atoms with Crippen molar-refractivity contribution in [2.75, 3.05) is 20.6 Å². The number of sulfonamides is 1. The molecule has 0 heterocycles. The topological polar surface area (TPSA) is 57.7 Å². The van der Waals surface area contributed by atoms with Crippen LogP contribution in [0.2, 0.25) is 0 Å². The molecule has 5 nitrogen and oxygen atoms in total. The van der Waals surface area contributed by atoms with Crippen LogP contribution in [0, 0.1) is 13.8 Å². The van der Waals surface area contributed by atoms with Gasteiger partial charge in [-0.3, -0.25) is 4.79 Å². The zero-order chi connectivity index (χ0) is 19.5. The first-order valence-electron chi connectivity index (χ1n) is 8.13. The maximum atomic E-state index is 12.7. The average Bonchev–Trinajstić information content (AvgIpc) is 2.59. The van der Waals surface area contributed by atoms with Crippen LogP contribution < -0.4 is 0 Å². The molecule has 0 aliphatic rings. The smallest absolute Gasteiger partial charge is 0.243 e. The Kier molecular flexibility index (Phi) is 6.60. The van der Waals surface area contributed by atoms with Gasteiger partial charge in [-0.2, -0.15) is 4.31 Å². The summed E-state index contributed by atoms with van der Waals surface area (Å²) in [4.78, 5) is 14.2. The molecule has 140 valence electrons. The number of benzene rings is 2. The zero-order valence-corrected chi connectivity index (χ0v) is 17.8. The molecule has 0 saturated carbocycles. The Hall–Kier alpha value is -1.70. The van der Waals surface area contributed by atoms with Gasteiger partial charge in [-0.25, -0.2) is 8.42 Å². The number of rotatable bonds is 6. The molecule has 0 saturated heterocycles. The lowest BCUT2D eigenvalue weighted by atomic mass is 10.1. The molecule has 1 amide bonds. The first-order chi connectivity index (χ1) is 12.1. The van der Waals surface area contributed by atoms with Gasteiger partial charge in [0.05, 0.1) is 11.4 Å². The third-order valence-corrected chi connectivity index (χ3v) is 6.63. The lowest BCUT2D eigenvalue weighted by Gasteiger charge is -2.22. The van der Waals surface area contributed by atoms with Gasteiger partial charge < -0.3 is 4.90 Å². The van der Waals surface area contributed by atoms with E-state index < -0.39 is 10.0 Å². The van der Waals surface area contributed by atoms with Crippen LogP contribution in [0.4, 0.5) is 0 Å². The van der Waals surface area contributed by atoms with Crippen molar-refractivity contribution in [2.45, 2.75) is 25.3 Å². The standard InChI is InChI=1S/C19H23BrN2O3S/c1-14-5-10-18(11-15(14)2)26(24,25)22(4)13-19(23)21(3)12-16-6-8-17(20)9-7-16/h5-11H,12-13H2,1-4H3. The molecule has 0 aliphatic heterocycles. The minimum absolute atomic E-state index is 0.200. The molecule has 0 spiro atoms. The predicted octanol–water partition coefficient (Wildman–Crippen LogP) is 3.35. The lowest BCUT2D eigenvalue weighted by Crippen LogP contribution is -2.39. The summed E-state index contributed by atoms with van der Waals surface area (Å²) in [5, 5.41) is 0. The molecule has 0 atom stereocenters. The highest BCUT2D eigenvalue weighted by Crippen LogP contribution is 2.18. The number of amides is 1. The van der Waals surface area contributed by atoms with Crippen LogP contribution in [0.5, 0.6) is 0 Å². The first kappa shape index (κ1) is 20.6. The fraction of sp³-hybridized carbons (Fsp3) is 0.316. The quantitative estimate of drug-likeness (QED) is 0.694. The summed E-state index contributed by atoms with van der Waals surface area (Å²) in [7, 11) is -0.612. The SMILES string of the molecule is Cc1ccc(S(=O)(=O)N(C)CC(=O)N(C)Cc2ccc(Br)cc2)cc1C. The van der Waals surface area contributed by atoms with Crippen LogP contribution in [-0.4, -0.2) is 44.2 Å². The molecule has 0 bridgehead atoms. The van der Waals surface area contributed by atoms with Crippen molar-refractivity contribution in [1.82, 2.24) is 9.21 Å². The first-order valence-corrected chi connectivity index (χ1v) is 10.4. The van der Waals surface area contributed by atoms with E-state index in [1.807, 2.05) is 38.1 Å². The zero-order valence-electron chi connectivity index (χ0n) is 15.4. The van der Waals surface area contributed by atoms with Crippen molar-refractivity contribution < 1.29 is 13.2 Å². The van der Waals surface area contributed by atoms with Gasteiger partial charge in [0.25, 0.3) is 0 Å². The molecule has 0 aromatic heterocycles. The van der Waals surface area contributed by atoms with Crippen LogP contribution in [-0.2, 0) is 21.4 Å². The van der Waals surface area contributed by atoms with Crippen molar-refractivity contribution >= 4 is 31.9 Å². The largest absolute Gasteiger partial charge is 0.340 e. The summed E-state index contributed by atoms with van der Waals surface area (Å²) < 4.78 is 27.5. The van der Waals surface area contributed by atoms with Gasteiger partial charge in [-0.1, -0.05) is 34.1 Å². The maximum Gasteiger partial charge on any atom is 0.243 e. The summed E-state index contributed by atoms with van der Waals surface area (Å²) in [5.74, 6) is -0.261. The number of likely N-dealkylation sites (N-methyl/N-ethyl adjacent to an activating group) is 2. The number of hydrogen-bond acceptors (Lipinski definition) is 3. The summed E-state index contributed by atoms with van der Waals surface area (Å²) in [5.41, 5.74) is 2.90. The van der Waals surface area contributed by atoms with Crippen LogP contribution >= 0.6 is 15.9 Å². The Labute approximate surface area is 163 Å². The third-order valence-electron chi connectivity index (χ3n) is 4.30. The van der Waals surface area contributed by atoms with Gasteiger partial charge in [0.2, 0.25) is 15.9 Å². The van der Waals surface area contributed by atoms with E-state index in [1.165, 1.54) is 11.9 Å². The van der Waals surface area contributed by atoms with E-state index in [4.69, 9.17) is 0 Å². The summed E-state index contributed by atoms with van der Waals surface area (Å²) in [6, 6.07) is 12.6. The van der Waals surface area contributed by atoms with Crippen molar-refractivity contribution in [3.8, 4) is 0 Å². The summed E-state index contributed by atoms with van der Waals surface area (Å²) >= 11 is 3.37. The Morgan fingerprint density at radius 2 is 1.62 bits per heavy atom. The molecule has 7 heteroatoms. The fourth-order valence-corrected chi connectivity index (χ4v) is 3.87. The number of carbonyl (C=O) groups is 1. The third kappa shape index (κ3) is 4.93. The molecular weight excluding hydrogens is 416 g/mol. The Morgan fingerprint density at radius 1 is 1.00 bits per heavy atom. The molecule has 0 unspecified atom stereocenters. The number of carbonyl (C=O) groups excluding carboxylic acids is 1. The van der Waals surface area contributed by atoms with Gasteiger partial charge in [0.15, 0.2) is 0 Å². The molecule has 0 aliphatic carbocycles. The second kappa shape index (κ2) is 8.33. The van der Waals surface area contributed by atoms with Gasteiger partial charge in [0.1, 0.15) is 0 Å². The second-order valence-corrected chi connectivity index (χ2v) is 9.34. The highest BCUT2D eigenvalue weighted by Gasteiger charge is 2.24. The lowest BCUT2D eigenvalue weighted by molar-refractivity contribution is -0.130. The molecule has 2 aromatic carbocycles. The van der Waals surface area contributed by atoms with E-state index >= 15 is 0 Å². The molecule has 0 N–H and O–H groups in total. The molecule has 0 radical (unpaired) electrons. The number of halogens is 1. The molecule has 2 aromatic rings. The minimum Gasteiger partial charge on any atom is -0.340 e. The van der Waals surface area contributed by atoms with Gasteiger partial charge in [-0.15, -0.1) is 0 Å². The predicted molar refractivity (Wildman–Crippen MR) is 106 cm³/mol. The highest BCUT2D eigenvalue weighted by atomic mass is 79.9. The van der Waals surface area contributed by atoms with Crippen LogP contribution in [0.25, 0.3) is 0 Å². The molecule has 26 heavy (non-hydrogen) atoms. The van der Waals surface area contributed by atoms with Crippen molar-refractivity contribution in [1.29, 1.82) is 0 Å². The van der Waals surface area contributed by atoms with E-state index in [0.717, 1.165) is 25.5 Å². The maximum absolute atomic E-state index is 12.7. The summed E-state index contributed by atoms with van der Waals surface area (Å²) in [6.07, 6.45) is 0. The van der Waals surface area contributed by atoms with E-state index in [0.29, 0.717) is 6.54 Å². The number of nitrogens with zero attached hydrogens (tertiary/aromatic N) is 2. The van der Waals surface area contributed by atoms with Crippen molar-refractivity contribution in [3.05, 3.63) is 63.6 Å². The van der Waals surface area contributed by atoms with E-state index in [1.54, 1.807) is 25.2 Å². The number of aryl methyl sites for hydroxylation is 2. The number of hydrogen-bond donors (Lipinski definition) is 0. The van der Waals surface area contributed by atoms with Crippen LogP contribution in [0.3, 0.4) is 0 Å². The molecule has 0 fully saturated rings. The van der Waals surface area contributed by atoms with Crippen LogP contribution in [0.15, 0.2) is 51.8 Å². The van der Waals surface area contributed by atoms with E-state index in [-0.39, 0.29) is 17.3 Å². The van der Waals surface area contributed by atoms with E-state index in [2.05, 4.69) is 15.9 Å². The Bertz CT molecular complexity index is 896. The summed E-state index contributed by atoms with van der Waals surface area (Å²) in [6.45, 7) is 4.01. The highest BCUT2D eigenvalue weighted by molar-refractivity contribution is 9.10. The minimum atomic E-state index is -3.71. The van der Waals surface area contributed by atoms with Crippen LogP contribution in [0.1, 0.15) is 16.7 Å². The van der Waals surface area contributed by atoms with Gasteiger partial charge in [-0.05, 0) is 54.8 Å². The van der Waals surface area contributed by atoms with Gasteiger partial charge in [0, 0.05) is 25.1 Å². The Balaban J connectivity index is 2.06. The monoisotopic (exact) mass is 438 g/mol. The molecule has 2 rings (SSSR count). The van der Waals surface area contributed by atoms with E-state index in [9.17, 15) is 13.2 Å². The fourth-order valence-electron chi connectivity index (χ4n) is 2.40. The second-order valence-electron chi connectivity index (χ2n) is 6.38. The van der Waals surface area contributed by atoms with Crippen molar-refractivity contribution in [3.63, 3.8) is 0 Å². The average molecular weight is 439 g/mol. The van der Waals surface area contributed by atoms with Gasteiger partial charge >= 0.3 is 0 Å². The molecular formula is C19H23BrN2O3S.